The van der Waals surface area contributed by atoms with E-state index in [4.69, 9.17) is 9.47 Å². The van der Waals surface area contributed by atoms with Crippen molar-refractivity contribution in [2.24, 2.45) is 0 Å². The Labute approximate surface area is 321 Å². The van der Waals surface area contributed by atoms with Crippen LogP contribution in [-0.2, 0) is 9.47 Å². The van der Waals surface area contributed by atoms with E-state index in [1.165, 1.54) is 21.2 Å². The third kappa shape index (κ3) is 16.1. The number of nitrogens with one attached hydrogen (secondary N) is 1. The monoisotopic (exact) mass is 696 g/mol. The van der Waals surface area contributed by atoms with E-state index in [1.54, 1.807) is 0 Å². The van der Waals surface area contributed by atoms with Gasteiger partial charge in [-0.05, 0) is 37.1 Å². The zero-order valence-electron chi connectivity index (χ0n) is 26.9. The molecule has 0 amide bonds. The van der Waals surface area contributed by atoms with E-state index in [9.17, 15) is 14.7 Å². The molecule has 0 atom stereocenters. The Balaban J connectivity index is 0.00000368. The maximum atomic E-state index is 10.7. The molecule has 0 fully saturated rings. The Kier molecular flexibility index (Phi) is 22.0. The van der Waals surface area contributed by atoms with Crippen LogP contribution in [0, 0.1) is 0 Å². The topological polar surface area (TPSA) is 103 Å². The molecule has 4 aromatic rings. The molecule has 7 nitrogen and oxygen atoms in total. The summed E-state index contributed by atoms with van der Waals surface area (Å²) >= 11 is 0. The van der Waals surface area contributed by atoms with Gasteiger partial charge in [-0.2, -0.15) is 7.94 Å². The molecule has 4 rings (SSSR count). The molecule has 0 heterocycles. The van der Waals surface area contributed by atoms with Crippen LogP contribution in [0.1, 0.15) is 0 Å². The third-order valence-electron chi connectivity index (χ3n) is 6.86. The van der Waals surface area contributed by atoms with Crippen LogP contribution in [0.3, 0.4) is 0 Å². The molecule has 0 unspecified atom stereocenters. The molecule has 0 aliphatic rings. The summed E-state index contributed by atoms with van der Waals surface area (Å²) < 4.78 is 11.6. The van der Waals surface area contributed by atoms with Gasteiger partial charge < -0.3 is 29.5 Å². The first kappa shape index (κ1) is 42.1. The number of hydrogen-bond donors (Lipinski definition) is 1. The second-order valence-corrected chi connectivity index (χ2v) is 16.2. The van der Waals surface area contributed by atoms with E-state index >= 15 is 0 Å². The van der Waals surface area contributed by atoms with Crippen molar-refractivity contribution >= 4 is 45.0 Å². The van der Waals surface area contributed by atoms with E-state index in [0.717, 1.165) is 19.1 Å². The Morgan fingerprint density at radius 3 is 1.26 bits per heavy atom. The predicted octanol–water partition coefficient (Wildman–Crippen LogP) is -4.06. The van der Waals surface area contributed by atoms with Crippen LogP contribution in [0.2, 0.25) is 0 Å². The molecule has 0 saturated heterocycles. The van der Waals surface area contributed by atoms with Crippen LogP contribution < -0.4 is 100 Å². The van der Waals surface area contributed by atoms with E-state index in [1.807, 2.05) is 0 Å². The Morgan fingerprint density at radius 2 is 0.891 bits per heavy atom. The van der Waals surface area contributed by atoms with Gasteiger partial charge in [0.1, 0.15) is 0 Å². The van der Waals surface area contributed by atoms with Crippen molar-refractivity contribution < 1.29 is 83.3 Å². The number of hydrogen-bond acceptors (Lipinski definition) is 7. The van der Waals surface area contributed by atoms with Crippen LogP contribution in [0.15, 0.2) is 121 Å². The van der Waals surface area contributed by atoms with Crippen molar-refractivity contribution in [2.75, 3.05) is 64.8 Å². The summed E-state index contributed by atoms with van der Waals surface area (Å²) in [5, 5.41) is 8.35. The van der Waals surface area contributed by atoms with Crippen molar-refractivity contribution in [1.29, 1.82) is 0 Å². The molecule has 0 spiro atoms. The summed E-state index contributed by atoms with van der Waals surface area (Å²) in [6.07, 6.45) is 1.46. The van der Waals surface area contributed by atoms with E-state index in [-0.39, 0.29) is 71.8 Å². The molecule has 0 aliphatic carbocycles. The van der Waals surface area contributed by atoms with E-state index in [0.29, 0.717) is 33.0 Å². The van der Waals surface area contributed by atoms with Gasteiger partial charge in [0, 0.05) is 32.2 Å². The van der Waals surface area contributed by atoms with Gasteiger partial charge in [-0.25, -0.2) is 0 Å². The SMILES string of the molecule is [Na+].[Na+].[O-][P+]([O-])([O-])CCNCCOCCOCCN(CP(c1ccccc1)c1ccccc1)CP(c1ccccc1)c1ccccc1. The summed E-state index contributed by atoms with van der Waals surface area (Å²) in [4.78, 5) is 34.7. The van der Waals surface area contributed by atoms with Gasteiger partial charge in [-0.1, -0.05) is 121 Å². The predicted molar refractivity (Wildman–Crippen MR) is 181 cm³/mol. The fourth-order valence-electron chi connectivity index (χ4n) is 4.64. The average Bonchev–Trinajstić information content (AvgIpc) is 3.05. The first-order valence-corrected chi connectivity index (χ1v) is 19.6. The Bertz CT molecular complexity index is 1150. The quantitative estimate of drug-likeness (QED) is 0.0571. The standard InChI is InChI=1S/C34H43N2O5P3.2Na/c37-44(38,39)28-22-35-21-24-40-26-27-41-25-23-36(29-42(31-13-5-1-6-14-31)32-15-7-2-8-16-32)30-43(33-17-9-3-10-18-33)34-19-11-4-12-20-34;;/h1-20,35H,21-30H2,(H2,37,38,39);;/q;2*+1/p-2. The zero-order chi connectivity index (χ0) is 30.9. The van der Waals surface area contributed by atoms with Crippen LogP contribution in [0.4, 0.5) is 0 Å². The summed E-state index contributed by atoms with van der Waals surface area (Å²) in [6.45, 7) is 3.36. The molecule has 1 N–H and O–H groups in total. The first-order valence-electron chi connectivity index (χ1n) is 14.8. The molecule has 234 valence electrons. The van der Waals surface area contributed by atoms with Gasteiger partial charge in [-0.15, -0.1) is 0 Å². The largest absolute Gasteiger partial charge is 1.00 e. The molecule has 0 aliphatic heterocycles. The molecule has 12 heteroatoms. The van der Waals surface area contributed by atoms with Crippen LogP contribution >= 0.6 is 23.8 Å². The van der Waals surface area contributed by atoms with Crippen LogP contribution in [0.5, 0.6) is 0 Å². The first-order chi connectivity index (χ1) is 21.5. The summed E-state index contributed by atoms with van der Waals surface area (Å²) in [5.74, 6) is 0. The third-order valence-corrected chi connectivity index (χ3v) is 12.7. The van der Waals surface area contributed by atoms with Gasteiger partial charge >= 0.3 is 59.1 Å². The van der Waals surface area contributed by atoms with Gasteiger partial charge in [0.25, 0.3) is 0 Å². The molecule has 46 heavy (non-hydrogen) atoms. The van der Waals surface area contributed by atoms with Crippen LogP contribution in [0.25, 0.3) is 0 Å². The Morgan fingerprint density at radius 1 is 0.522 bits per heavy atom. The number of nitrogens with zero attached hydrogens (tertiary/aromatic N) is 1. The number of benzene rings is 4. The van der Waals surface area contributed by atoms with Gasteiger partial charge in [0.05, 0.1) is 32.6 Å². The van der Waals surface area contributed by atoms with Crippen molar-refractivity contribution in [3.63, 3.8) is 0 Å². The molecule has 4 aromatic carbocycles. The number of ether oxygens (including phenoxy) is 2. The second kappa shape index (κ2) is 24.1. The van der Waals surface area contributed by atoms with Crippen molar-refractivity contribution in [3.05, 3.63) is 121 Å². The summed E-state index contributed by atoms with van der Waals surface area (Å²) in [5.41, 5.74) is 0. The summed E-state index contributed by atoms with van der Waals surface area (Å²) in [6, 6.07) is 43.3. The fourth-order valence-corrected chi connectivity index (χ4v) is 9.89. The van der Waals surface area contributed by atoms with Gasteiger partial charge in [-0.3, -0.25) is 4.90 Å². The van der Waals surface area contributed by atoms with E-state index < -0.39 is 23.8 Å². The van der Waals surface area contributed by atoms with Crippen LogP contribution in [-0.4, -0.2) is 69.7 Å². The molecule has 0 saturated carbocycles. The van der Waals surface area contributed by atoms with E-state index in [2.05, 4.69) is 132 Å². The second-order valence-electron chi connectivity index (χ2n) is 10.2. The maximum Gasteiger partial charge on any atom is 1.00 e. The smallest absolute Gasteiger partial charge is 0.688 e. The molecule has 0 bridgehead atoms. The minimum Gasteiger partial charge on any atom is -0.688 e. The summed E-state index contributed by atoms with van der Waals surface area (Å²) in [7, 11) is -5.68. The van der Waals surface area contributed by atoms with Gasteiger partial charge in [0.2, 0.25) is 0 Å². The van der Waals surface area contributed by atoms with Gasteiger partial charge in [0.15, 0.2) is 0 Å². The zero-order valence-corrected chi connectivity index (χ0v) is 33.6. The normalized spacial score (nSPS) is 11.4. The minimum atomic E-state index is -4.46. The maximum absolute atomic E-state index is 10.7. The molecule has 0 radical (unpaired) electrons. The minimum absolute atomic E-state index is 0. The molecular formula is C34H41N2Na2O5P3. The van der Waals surface area contributed by atoms with Crippen molar-refractivity contribution in [3.8, 4) is 0 Å². The Hall–Kier alpha value is -0.110. The molecular weight excluding hydrogens is 655 g/mol. The van der Waals surface area contributed by atoms with Crippen molar-refractivity contribution in [1.82, 2.24) is 10.2 Å². The number of rotatable bonds is 20. The fraction of sp³-hybridized carbons (Fsp3) is 0.294. The molecule has 0 aromatic heterocycles. The van der Waals surface area contributed by atoms with Crippen molar-refractivity contribution in [2.45, 2.75) is 0 Å². The average molecular weight is 697 g/mol.